The van der Waals surface area contributed by atoms with Gasteiger partial charge in [0.1, 0.15) is 17.9 Å². The SMILES string of the molecule is Cc1cc(C(C)(C)C)cc(C)c1COC(=O)COc1ccc2c(C)cc(=O)oc2c1. The lowest BCUT2D eigenvalue weighted by atomic mass is 9.84. The van der Waals surface area contributed by atoms with Crippen molar-refractivity contribution >= 4 is 16.9 Å². The van der Waals surface area contributed by atoms with Gasteiger partial charge in [-0.1, -0.05) is 32.9 Å². The molecule has 3 rings (SSSR count). The first kappa shape index (κ1) is 21.6. The van der Waals surface area contributed by atoms with Crippen LogP contribution in [0.25, 0.3) is 11.0 Å². The molecule has 0 amide bonds. The van der Waals surface area contributed by atoms with E-state index in [0.717, 1.165) is 27.6 Å². The second-order valence-corrected chi connectivity index (χ2v) is 8.69. The van der Waals surface area contributed by atoms with Gasteiger partial charge in [-0.3, -0.25) is 0 Å². The zero-order chi connectivity index (χ0) is 22.1. The summed E-state index contributed by atoms with van der Waals surface area (Å²) in [6.45, 7) is 12.4. The smallest absolute Gasteiger partial charge is 0.344 e. The second kappa shape index (κ2) is 8.34. The summed E-state index contributed by atoms with van der Waals surface area (Å²) in [5.41, 5.74) is 5.39. The summed E-state index contributed by atoms with van der Waals surface area (Å²) in [7, 11) is 0. The first-order chi connectivity index (χ1) is 14.0. The maximum absolute atomic E-state index is 12.2. The molecule has 0 spiro atoms. The topological polar surface area (TPSA) is 65.7 Å². The van der Waals surface area contributed by atoms with Crippen molar-refractivity contribution < 1.29 is 18.7 Å². The minimum atomic E-state index is -0.459. The summed E-state index contributed by atoms with van der Waals surface area (Å²) in [5, 5.41) is 0.828. The number of hydrogen-bond acceptors (Lipinski definition) is 5. The third-order valence-corrected chi connectivity index (χ3v) is 5.22. The molecule has 0 N–H and O–H groups in total. The Morgan fingerprint density at radius 1 is 0.967 bits per heavy atom. The average Bonchev–Trinajstić information content (AvgIpc) is 2.64. The fourth-order valence-electron chi connectivity index (χ4n) is 3.39. The van der Waals surface area contributed by atoms with Crippen LogP contribution >= 0.6 is 0 Å². The molecule has 2 aromatic carbocycles. The van der Waals surface area contributed by atoms with Crippen LogP contribution in [0.4, 0.5) is 0 Å². The molecule has 1 aromatic heterocycles. The van der Waals surface area contributed by atoms with E-state index in [1.807, 2.05) is 20.8 Å². The molecule has 1 heterocycles. The molecule has 0 radical (unpaired) electrons. The van der Waals surface area contributed by atoms with Crippen molar-refractivity contribution in [1.82, 2.24) is 0 Å². The van der Waals surface area contributed by atoms with Crippen molar-refractivity contribution in [3.8, 4) is 5.75 Å². The van der Waals surface area contributed by atoms with Crippen molar-refractivity contribution in [2.24, 2.45) is 0 Å². The fraction of sp³-hybridized carbons (Fsp3) is 0.360. The Hall–Kier alpha value is -3.08. The second-order valence-electron chi connectivity index (χ2n) is 8.69. The largest absolute Gasteiger partial charge is 0.482 e. The van der Waals surface area contributed by atoms with E-state index in [-0.39, 0.29) is 18.6 Å². The van der Waals surface area contributed by atoms with Gasteiger partial charge in [0.25, 0.3) is 0 Å². The highest BCUT2D eigenvalue weighted by Crippen LogP contribution is 2.27. The molecule has 0 saturated heterocycles. The van der Waals surface area contributed by atoms with Crippen LogP contribution in [0, 0.1) is 20.8 Å². The first-order valence-corrected chi connectivity index (χ1v) is 9.98. The third kappa shape index (κ3) is 4.90. The number of hydrogen-bond donors (Lipinski definition) is 0. The number of fused-ring (bicyclic) bond motifs is 1. The van der Waals surface area contributed by atoms with Crippen LogP contribution in [-0.2, 0) is 21.6 Å². The van der Waals surface area contributed by atoms with Gasteiger partial charge < -0.3 is 13.9 Å². The van der Waals surface area contributed by atoms with E-state index in [0.29, 0.717) is 11.3 Å². The summed E-state index contributed by atoms with van der Waals surface area (Å²) >= 11 is 0. The van der Waals surface area contributed by atoms with E-state index in [2.05, 4.69) is 32.9 Å². The minimum absolute atomic E-state index is 0.0656. The van der Waals surface area contributed by atoms with Gasteiger partial charge in [0.05, 0.1) is 0 Å². The van der Waals surface area contributed by atoms with Crippen LogP contribution in [-0.4, -0.2) is 12.6 Å². The molecular weight excluding hydrogens is 380 g/mol. The number of benzene rings is 2. The van der Waals surface area contributed by atoms with Crippen LogP contribution in [0.3, 0.4) is 0 Å². The lowest BCUT2D eigenvalue weighted by molar-refractivity contribution is -0.147. The van der Waals surface area contributed by atoms with Crippen LogP contribution in [0.2, 0.25) is 0 Å². The maximum atomic E-state index is 12.2. The number of ether oxygens (including phenoxy) is 2. The fourth-order valence-corrected chi connectivity index (χ4v) is 3.39. The number of rotatable bonds is 5. The highest BCUT2D eigenvalue weighted by Gasteiger charge is 2.17. The van der Waals surface area contributed by atoms with Crippen molar-refractivity contribution in [3.63, 3.8) is 0 Å². The molecule has 0 unspecified atom stereocenters. The number of esters is 1. The quantitative estimate of drug-likeness (QED) is 0.432. The molecule has 158 valence electrons. The molecule has 5 nitrogen and oxygen atoms in total. The normalized spacial score (nSPS) is 11.5. The Morgan fingerprint density at radius 2 is 1.63 bits per heavy atom. The van der Waals surface area contributed by atoms with E-state index < -0.39 is 11.6 Å². The first-order valence-electron chi connectivity index (χ1n) is 9.98. The van der Waals surface area contributed by atoms with Crippen molar-refractivity contribution in [2.45, 2.75) is 53.6 Å². The highest BCUT2D eigenvalue weighted by molar-refractivity contribution is 5.81. The molecule has 0 fully saturated rings. The van der Waals surface area contributed by atoms with Gasteiger partial charge in [0.15, 0.2) is 6.61 Å². The Labute approximate surface area is 176 Å². The van der Waals surface area contributed by atoms with Crippen molar-refractivity contribution in [1.29, 1.82) is 0 Å². The average molecular weight is 408 g/mol. The summed E-state index contributed by atoms with van der Waals surface area (Å²) in [5.74, 6) is -0.0189. The van der Waals surface area contributed by atoms with E-state index in [9.17, 15) is 9.59 Å². The molecule has 0 saturated carbocycles. The van der Waals surface area contributed by atoms with E-state index in [1.54, 1.807) is 18.2 Å². The molecule has 0 bridgehead atoms. The minimum Gasteiger partial charge on any atom is -0.482 e. The Kier molecular flexibility index (Phi) is 6.01. The van der Waals surface area contributed by atoms with E-state index in [1.165, 1.54) is 11.6 Å². The van der Waals surface area contributed by atoms with Crippen LogP contribution in [0.15, 0.2) is 45.6 Å². The highest BCUT2D eigenvalue weighted by atomic mass is 16.6. The van der Waals surface area contributed by atoms with Crippen LogP contribution in [0.5, 0.6) is 5.75 Å². The summed E-state index contributed by atoms with van der Waals surface area (Å²) in [4.78, 5) is 23.7. The molecule has 0 aliphatic heterocycles. The molecule has 5 heteroatoms. The van der Waals surface area contributed by atoms with Gasteiger partial charge in [0.2, 0.25) is 0 Å². The molecule has 0 aliphatic carbocycles. The van der Waals surface area contributed by atoms with Crippen molar-refractivity contribution in [2.75, 3.05) is 6.61 Å². The van der Waals surface area contributed by atoms with Gasteiger partial charge in [0, 0.05) is 17.5 Å². The maximum Gasteiger partial charge on any atom is 0.344 e. The third-order valence-electron chi connectivity index (χ3n) is 5.22. The Morgan fingerprint density at radius 3 is 2.27 bits per heavy atom. The van der Waals surface area contributed by atoms with Crippen LogP contribution < -0.4 is 10.4 Å². The molecular formula is C25H28O5. The summed E-state index contributed by atoms with van der Waals surface area (Å²) in [6.07, 6.45) is 0. The summed E-state index contributed by atoms with van der Waals surface area (Å²) in [6, 6.07) is 10.9. The van der Waals surface area contributed by atoms with Gasteiger partial charge in [-0.15, -0.1) is 0 Å². The van der Waals surface area contributed by atoms with Crippen LogP contribution in [0.1, 0.15) is 48.6 Å². The molecule has 3 aromatic rings. The van der Waals surface area contributed by atoms with E-state index in [4.69, 9.17) is 13.9 Å². The van der Waals surface area contributed by atoms with Gasteiger partial charge >= 0.3 is 11.6 Å². The predicted octanol–water partition coefficient (Wildman–Crippen LogP) is 5.14. The Bertz CT molecular complexity index is 1130. The number of carbonyl (C=O) groups excluding carboxylic acids is 1. The van der Waals surface area contributed by atoms with E-state index >= 15 is 0 Å². The zero-order valence-electron chi connectivity index (χ0n) is 18.4. The van der Waals surface area contributed by atoms with Crippen molar-refractivity contribution in [3.05, 3.63) is 74.6 Å². The monoisotopic (exact) mass is 408 g/mol. The number of aryl methyl sites for hydroxylation is 3. The van der Waals surface area contributed by atoms with Gasteiger partial charge in [-0.25, -0.2) is 9.59 Å². The Balaban J connectivity index is 1.63. The lowest BCUT2D eigenvalue weighted by Gasteiger charge is -2.22. The van der Waals surface area contributed by atoms with Gasteiger partial charge in [-0.2, -0.15) is 0 Å². The molecule has 0 atom stereocenters. The number of carbonyl (C=O) groups is 1. The molecule has 30 heavy (non-hydrogen) atoms. The standard InChI is InChI=1S/C25H28O5/c1-15-9-18(25(4,5)6)10-16(2)21(15)13-29-24(27)14-28-19-7-8-20-17(3)11-23(26)30-22(20)12-19/h7-12H,13-14H2,1-6H3. The predicted molar refractivity (Wildman–Crippen MR) is 117 cm³/mol. The zero-order valence-corrected chi connectivity index (χ0v) is 18.4. The summed E-state index contributed by atoms with van der Waals surface area (Å²) < 4.78 is 16.2. The van der Waals surface area contributed by atoms with Gasteiger partial charge in [-0.05, 0) is 66.1 Å². The molecule has 0 aliphatic rings. The lowest BCUT2D eigenvalue weighted by Crippen LogP contribution is -2.16.